The summed E-state index contributed by atoms with van der Waals surface area (Å²) < 4.78 is 5.52. The van der Waals surface area contributed by atoms with Crippen molar-refractivity contribution >= 4 is 18.3 Å². The molecule has 0 aromatic heterocycles. The molecule has 0 aliphatic carbocycles. The van der Waals surface area contributed by atoms with Crippen molar-refractivity contribution in [3.63, 3.8) is 0 Å². The van der Waals surface area contributed by atoms with Gasteiger partial charge in [-0.1, -0.05) is 18.2 Å². The van der Waals surface area contributed by atoms with E-state index in [1.165, 1.54) is 0 Å². The first-order chi connectivity index (χ1) is 9.18. The first-order valence-corrected chi connectivity index (χ1v) is 6.91. The van der Waals surface area contributed by atoms with Crippen molar-refractivity contribution in [2.45, 2.75) is 38.3 Å². The van der Waals surface area contributed by atoms with Crippen molar-refractivity contribution < 1.29 is 9.53 Å². The van der Waals surface area contributed by atoms with E-state index in [-0.39, 0.29) is 37.0 Å². The molecular weight excluding hydrogens is 276 g/mol. The van der Waals surface area contributed by atoms with Gasteiger partial charge in [-0.2, -0.15) is 0 Å². The number of carbonyl (C=O) groups is 1. The average Bonchev–Trinajstić information content (AvgIpc) is 2.46. The van der Waals surface area contributed by atoms with Crippen molar-refractivity contribution in [1.82, 2.24) is 4.90 Å². The van der Waals surface area contributed by atoms with E-state index >= 15 is 0 Å². The Morgan fingerprint density at radius 3 is 2.75 bits per heavy atom. The third-order valence-electron chi connectivity index (χ3n) is 3.58. The first kappa shape index (κ1) is 16.8. The quantitative estimate of drug-likeness (QED) is 0.927. The van der Waals surface area contributed by atoms with E-state index in [0.29, 0.717) is 0 Å². The molecule has 20 heavy (non-hydrogen) atoms. The maximum absolute atomic E-state index is 12.2. The molecule has 0 spiro atoms. The van der Waals surface area contributed by atoms with Gasteiger partial charge in [-0.25, -0.2) is 0 Å². The topological polar surface area (TPSA) is 55.6 Å². The van der Waals surface area contributed by atoms with Gasteiger partial charge in [0, 0.05) is 18.6 Å². The van der Waals surface area contributed by atoms with E-state index in [9.17, 15) is 4.79 Å². The van der Waals surface area contributed by atoms with Crippen LogP contribution >= 0.6 is 12.4 Å². The summed E-state index contributed by atoms with van der Waals surface area (Å²) in [6.07, 6.45) is 3.20. The molecule has 4 nitrogen and oxygen atoms in total. The molecule has 1 aromatic rings. The minimum Gasteiger partial charge on any atom is -0.484 e. The fourth-order valence-corrected chi connectivity index (χ4v) is 2.56. The second-order valence-electron chi connectivity index (χ2n) is 5.11. The minimum atomic E-state index is 0. The van der Waals surface area contributed by atoms with Crippen LogP contribution in [0.1, 0.15) is 26.2 Å². The van der Waals surface area contributed by atoms with Gasteiger partial charge in [-0.05, 0) is 38.3 Å². The van der Waals surface area contributed by atoms with Gasteiger partial charge in [0.25, 0.3) is 5.91 Å². The summed E-state index contributed by atoms with van der Waals surface area (Å²) in [7, 11) is 0. The van der Waals surface area contributed by atoms with Crippen molar-refractivity contribution in [3.05, 3.63) is 30.3 Å². The number of hydrogen-bond donors (Lipinski definition) is 1. The number of piperidine rings is 1. The maximum atomic E-state index is 12.2. The van der Waals surface area contributed by atoms with Crippen LogP contribution in [0.25, 0.3) is 0 Å². The standard InChI is InChI=1S/C15H22N2O2.ClH/c1-12(16)14-9-5-6-10-17(14)15(18)11-19-13-7-3-2-4-8-13;/h2-4,7-8,12,14H,5-6,9-11,16H2,1H3;1H. The smallest absolute Gasteiger partial charge is 0.260 e. The molecule has 1 aromatic carbocycles. The number of likely N-dealkylation sites (tertiary alicyclic amines) is 1. The Morgan fingerprint density at radius 2 is 2.10 bits per heavy atom. The van der Waals surface area contributed by atoms with E-state index < -0.39 is 0 Å². The third-order valence-corrected chi connectivity index (χ3v) is 3.58. The molecule has 1 fully saturated rings. The molecule has 0 radical (unpaired) electrons. The zero-order valence-electron chi connectivity index (χ0n) is 11.8. The molecule has 5 heteroatoms. The van der Waals surface area contributed by atoms with Crippen LogP contribution < -0.4 is 10.5 Å². The SMILES string of the molecule is CC(N)C1CCCCN1C(=O)COc1ccccc1.Cl. The zero-order valence-corrected chi connectivity index (χ0v) is 12.6. The number of hydrogen-bond acceptors (Lipinski definition) is 3. The molecule has 1 aliphatic rings. The number of amides is 1. The number of nitrogens with zero attached hydrogens (tertiary/aromatic N) is 1. The lowest BCUT2D eigenvalue weighted by Crippen LogP contribution is -2.52. The van der Waals surface area contributed by atoms with Gasteiger partial charge in [0.05, 0.1) is 0 Å². The normalized spacial score (nSPS) is 19.9. The van der Waals surface area contributed by atoms with Crippen molar-refractivity contribution in [1.29, 1.82) is 0 Å². The highest BCUT2D eigenvalue weighted by Crippen LogP contribution is 2.19. The summed E-state index contributed by atoms with van der Waals surface area (Å²) in [4.78, 5) is 14.1. The Balaban J connectivity index is 0.00000200. The van der Waals surface area contributed by atoms with Crippen LogP contribution in [0.4, 0.5) is 0 Å². The van der Waals surface area contributed by atoms with Gasteiger partial charge in [-0.3, -0.25) is 4.79 Å². The monoisotopic (exact) mass is 298 g/mol. The highest BCUT2D eigenvalue weighted by Gasteiger charge is 2.29. The first-order valence-electron chi connectivity index (χ1n) is 6.91. The van der Waals surface area contributed by atoms with Gasteiger partial charge in [0.2, 0.25) is 0 Å². The molecular formula is C15H23ClN2O2. The van der Waals surface area contributed by atoms with Crippen LogP contribution in [0.5, 0.6) is 5.75 Å². The molecule has 2 unspecified atom stereocenters. The molecule has 1 aliphatic heterocycles. The van der Waals surface area contributed by atoms with E-state index in [1.807, 2.05) is 42.2 Å². The Morgan fingerprint density at radius 1 is 1.40 bits per heavy atom. The Labute approximate surface area is 126 Å². The number of benzene rings is 1. The summed E-state index contributed by atoms with van der Waals surface area (Å²) in [5.74, 6) is 0.760. The summed E-state index contributed by atoms with van der Waals surface area (Å²) in [6, 6.07) is 9.59. The van der Waals surface area contributed by atoms with Crippen molar-refractivity contribution in [3.8, 4) is 5.75 Å². The highest BCUT2D eigenvalue weighted by atomic mass is 35.5. The van der Waals surface area contributed by atoms with E-state index in [0.717, 1.165) is 31.6 Å². The van der Waals surface area contributed by atoms with Crippen LogP contribution in [0.15, 0.2) is 30.3 Å². The van der Waals surface area contributed by atoms with E-state index in [2.05, 4.69) is 0 Å². The Bertz CT molecular complexity index is 412. The van der Waals surface area contributed by atoms with Crippen LogP contribution in [-0.4, -0.2) is 36.0 Å². The molecule has 112 valence electrons. The third kappa shape index (κ3) is 4.39. The molecule has 0 bridgehead atoms. The Hall–Kier alpha value is -1.26. The van der Waals surface area contributed by atoms with Crippen LogP contribution in [0, 0.1) is 0 Å². The molecule has 1 saturated heterocycles. The molecule has 0 saturated carbocycles. The maximum Gasteiger partial charge on any atom is 0.260 e. The predicted octanol–water partition coefficient (Wildman–Crippen LogP) is 2.22. The fourth-order valence-electron chi connectivity index (χ4n) is 2.56. The lowest BCUT2D eigenvalue weighted by atomic mass is 9.97. The highest BCUT2D eigenvalue weighted by molar-refractivity contribution is 5.85. The number of rotatable bonds is 4. The number of ether oxygens (including phenoxy) is 1. The fraction of sp³-hybridized carbons (Fsp3) is 0.533. The van der Waals surface area contributed by atoms with Gasteiger partial charge >= 0.3 is 0 Å². The number of para-hydroxylation sites is 1. The van der Waals surface area contributed by atoms with E-state index in [4.69, 9.17) is 10.5 Å². The molecule has 2 rings (SSSR count). The van der Waals surface area contributed by atoms with Crippen LogP contribution in [-0.2, 0) is 4.79 Å². The second-order valence-corrected chi connectivity index (χ2v) is 5.11. The largest absolute Gasteiger partial charge is 0.484 e. The Kier molecular flexibility index (Phi) is 6.82. The number of nitrogens with two attached hydrogens (primary N) is 1. The summed E-state index contributed by atoms with van der Waals surface area (Å²) >= 11 is 0. The molecule has 1 heterocycles. The number of carbonyl (C=O) groups excluding carboxylic acids is 1. The van der Waals surface area contributed by atoms with Gasteiger partial charge in [-0.15, -0.1) is 12.4 Å². The zero-order chi connectivity index (χ0) is 13.7. The van der Waals surface area contributed by atoms with Crippen molar-refractivity contribution in [2.75, 3.05) is 13.2 Å². The van der Waals surface area contributed by atoms with Crippen molar-refractivity contribution in [2.24, 2.45) is 5.73 Å². The van der Waals surface area contributed by atoms with Crippen LogP contribution in [0.3, 0.4) is 0 Å². The molecule has 2 N–H and O–H groups in total. The van der Waals surface area contributed by atoms with E-state index in [1.54, 1.807) is 0 Å². The lowest BCUT2D eigenvalue weighted by molar-refractivity contribution is -0.137. The summed E-state index contributed by atoms with van der Waals surface area (Å²) in [5.41, 5.74) is 5.97. The lowest BCUT2D eigenvalue weighted by Gasteiger charge is -2.38. The molecule has 2 atom stereocenters. The summed E-state index contributed by atoms with van der Waals surface area (Å²) in [5, 5.41) is 0. The van der Waals surface area contributed by atoms with Gasteiger partial charge in [0.15, 0.2) is 6.61 Å². The minimum absolute atomic E-state index is 0. The second kappa shape index (κ2) is 8.12. The van der Waals surface area contributed by atoms with Gasteiger partial charge < -0.3 is 15.4 Å². The number of halogens is 1. The van der Waals surface area contributed by atoms with Gasteiger partial charge in [0.1, 0.15) is 5.75 Å². The summed E-state index contributed by atoms with van der Waals surface area (Å²) in [6.45, 7) is 2.85. The predicted molar refractivity (Wildman–Crippen MR) is 82.2 cm³/mol. The van der Waals surface area contributed by atoms with Crippen LogP contribution in [0.2, 0.25) is 0 Å². The average molecular weight is 299 g/mol. The molecule has 1 amide bonds.